The van der Waals surface area contributed by atoms with Crippen LogP contribution in [-0.2, 0) is 15.8 Å². The van der Waals surface area contributed by atoms with Gasteiger partial charge in [0.2, 0.25) is 5.91 Å². The normalized spacial score (nSPS) is 15.0. The third-order valence-corrected chi connectivity index (χ3v) is 12.7. The number of piperazine rings is 1. The van der Waals surface area contributed by atoms with Gasteiger partial charge in [0, 0.05) is 67.7 Å². The van der Waals surface area contributed by atoms with Crippen molar-refractivity contribution in [3.63, 3.8) is 0 Å². The molecule has 2 N–H and O–H groups in total. The van der Waals surface area contributed by atoms with E-state index in [1.54, 1.807) is 24.4 Å². The standard InChI is InChI=1S/C30H41ClFN7O2Si/c1-30(2,3)42(5,6)41-20-27-26(19-25(36-37-27)23-17-21(31)7-8-24(23)32)34-22-9-11-33-28(18-22)35-29(40)10-12-39-15-13-38(4)14-16-39/h7-9,11,17-19H,10,12-16,20H2,1-6H3,(H2,33,34,35,36,40). The average Bonchev–Trinajstić information content (AvgIpc) is 2.93. The first-order valence-corrected chi connectivity index (χ1v) is 17.5. The van der Waals surface area contributed by atoms with Gasteiger partial charge in [0.15, 0.2) is 8.32 Å². The molecule has 1 saturated heterocycles. The molecule has 0 atom stereocenters. The van der Waals surface area contributed by atoms with Crippen LogP contribution in [0.25, 0.3) is 11.3 Å². The zero-order valence-corrected chi connectivity index (χ0v) is 27.1. The second-order valence-electron chi connectivity index (χ2n) is 12.3. The van der Waals surface area contributed by atoms with Crippen molar-refractivity contribution in [1.82, 2.24) is 25.0 Å². The number of nitrogens with one attached hydrogen (secondary N) is 2. The van der Waals surface area contributed by atoms with Crippen LogP contribution < -0.4 is 10.6 Å². The van der Waals surface area contributed by atoms with E-state index >= 15 is 0 Å². The fourth-order valence-corrected chi connectivity index (χ4v) is 5.29. The number of aromatic nitrogens is 3. The number of nitrogens with zero attached hydrogens (tertiary/aromatic N) is 5. The van der Waals surface area contributed by atoms with Crippen molar-refractivity contribution in [1.29, 1.82) is 0 Å². The Morgan fingerprint density at radius 2 is 1.83 bits per heavy atom. The molecule has 1 aliphatic rings. The summed E-state index contributed by atoms with van der Waals surface area (Å²) in [4.78, 5) is 21.6. The molecule has 0 saturated carbocycles. The van der Waals surface area contributed by atoms with Crippen molar-refractivity contribution in [3.05, 3.63) is 59.1 Å². The number of pyridine rings is 1. The molecule has 0 aliphatic carbocycles. The lowest BCUT2D eigenvalue weighted by molar-refractivity contribution is -0.116. The van der Waals surface area contributed by atoms with Gasteiger partial charge in [-0.25, -0.2) is 9.37 Å². The van der Waals surface area contributed by atoms with Gasteiger partial charge in [-0.15, -0.1) is 5.10 Å². The Balaban J connectivity index is 1.53. The van der Waals surface area contributed by atoms with Crippen LogP contribution in [0.15, 0.2) is 42.6 Å². The number of amides is 1. The van der Waals surface area contributed by atoms with Crippen LogP contribution in [0.2, 0.25) is 23.2 Å². The largest absolute Gasteiger partial charge is 0.411 e. The third kappa shape index (κ3) is 8.54. The second-order valence-corrected chi connectivity index (χ2v) is 17.5. The van der Waals surface area contributed by atoms with Crippen molar-refractivity contribution < 1.29 is 13.6 Å². The Morgan fingerprint density at radius 3 is 2.55 bits per heavy atom. The molecule has 1 aliphatic heterocycles. The maximum absolute atomic E-state index is 14.7. The number of hydrogen-bond donors (Lipinski definition) is 2. The Morgan fingerprint density at radius 1 is 1.10 bits per heavy atom. The highest BCUT2D eigenvalue weighted by atomic mass is 35.5. The van der Waals surface area contributed by atoms with E-state index in [0.717, 1.165) is 26.2 Å². The molecule has 1 aromatic carbocycles. The summed E-state index contributed by atoms with van der Waals surface area (Å²) in [5.74, 6) is -0.104. The van der Waals surface area contributed by atoms with Crippen molar-refractivity contribution in [3.8, 4) is 11.3 Å². The lowest BCUT2D eigenvalue weighted by Gasteiger charge is -2.36. The summed E-state index contributed by atoms with van der Waals surface area (Å²) < 4.78 is 21.1. The summed E-state index contributed by atoms with van der Waals surface area (Å²) in [6.45, 7) is 15.8. The average molecular weight is 614 g/mol. The molecule has 2 aromatic heterocycles. The maximum atomic E-state index is 14.7. The van der Waals surface area contributed by atoms with Crippen LogP contribution in [0.5, 0.6) is 0 Å². The van der Waals surface area contributed by atoms with Crippen LogP contribution in [0.1, 0.15) is 32.9 Å². The molecule has 4 rings (SSSR count). The Bertz CT molecular complexity index is 1390. The van der Waals surface area contributed by atoms with E-state index in [2.05, 4.69) is 76.5 Å². The van der Waals surface area contributed by atoms with Gasteiger partial charge in [0.05, 0.1) is 18.0 Å². The molecule has 3 aromatic rings. The fraction of sp³-hybridized carbons (Fsp3) is 0.467. The predicted octanol–water partition coefficient (Wildman–Crippen LogP) is 6.17. The number of halogens is 2. The molecule has 9 nitrogen and oxygen atoms in total. The summed E-state index contributed by atoms with van der Waals surface area (Å²) in [5, 5.41) is 15.4. The van der Waals surface area contributed by atoms with E-state index in [9.17, 15) is 9.18 Å². The summed E-state index contributed by atoms with van der Waals surface area (Å²) in [6, 6.07) is 9.61. The maximum Gasteiger partial charge on any atom is 0.226 e. The molecule has 3 heterocycles. The van der Waals surface area contributed by atoms with Gasteiger partial charge in [-0.1, -0.05) is 32.4 Å². The highest BCUT2D eigenvalue weighted by Crippen LogP contribution is 2.38. The van der Waals surface area contributed by atoms with E-state index in [0.29, 0.717) is 46.6 Å². The monoisotopic (exact) mass is 613 g/mol. The van der Waals surface area contributed by atoms with Crippen LogP contribution >= 0.6 is 11.6 Å². The second kappa shape index (κ2) is 13.6. The number of rotatable bonds is 10. The smallest absolute Gasteiger partial charge is 0.226 e. The highest BCUT2D eigenvalue weighted by Gasteiger charge is 2.37. The van der Waals surface area contributed by atoms with Gasteiger partial charge in [0.25, 0.3) is 0 Å². The molecule has 226 valence electrons. The summed E-state index contributed by atoms with van der Waals surface area (Å²) in [5.41, 5.74) is 2.45. The van der Waals surface area contributed by atoms with Crippen LogP contribution in [0.3, 0.4) is 0 Å². The number of carbonyl (C=O) groups excluding carboxylic acids is 1. The Kier molecular flexibility index (Phi) is 10.3. The lowest BCUT2D eigenvalue weighted by Crippen LogP contribution is -2.45. The number of hydrogen-bond acceptors (Lipinski definition) is 8. The molecule has 42 heavy (non-hydrogen) atoms. The minimum absolute atomic E-state index is 0.0143. The first-order valence-electron chi connectivity index (χ1n) is 14.2. The van der Waals surface area contributed by atoms with E-state index in [1.165, 1.54) is 18.2 Å². The Hall–Kier alpha value is -2.96. The summed E-state index contributed by atoms with van der Waals surface area (Å²) in [7, 11) is 0.0263. The van der Waals surface area contributed by atoms with Gasteiger partial charge in [-0.3, -0.25) is 4.79 Å². The van der Waals surface area contributed by atoms with Crippen LogP contribution in [0.4, 0.5) is 21.6 Å². The molecule has 0 bridgehead atoms. The van der Waals surface area contributed by atoms with Gasteiger partial charge >= 0.3 is 0 Å². The third-order valence-electron chi connectivity index (χ3n) is 8.01. The van der Waals surface area contributed by atoms with Crippen molar-refractivity contribution in [2.24, 2.45) is 0 Å². The molecule has 1 fully saturated rings. The molecule has 12 heteroatoms. The zero-order chi connectivity index (χ0) is 30.5. The summed E-state index contributed by atoms with van der Waals surface area (Å²) in [6.07, 6.45) is 2.01. The number of benzene rings is 1. The first kappa shape index (κ1) is 32.0. The zero-order valence-electron chi connectivity index (χ0n) is 25.3. The lowest BCUT2D eigenvalue weighted by atomic mass is 10.1. The van der Waals surface area contributed by atoms with E-state index in [-0.39, 0.29) is 23.1 Å². The van der Waals surface area contributed by atoms with Crippen molar-refractivity contribution in [2.75, 3.05) is 50.4 Å². The molecule has 0 spiro atoms. The summed E-state index contributed by atoms with van der Waals surface area (Å²) >= 11 is 6.15. The van der Waals surface area contributed by atoms with Gasteiger partial charge in [0.1, 0.15) is 17.3 Å². The highest BCUT2D eigenvalue weighted by molar-refractivity contribution is 6.74. The fourth-order valence-electron chi connectivity index (χ4n) is 4.19. The molecular formula is C30H41ClFN7O2Si. The quantitative estimate of drug-likeness (QED) is 0.262. The minimum atomic E-state index is -2.08. The Labute approximate surface area is 254 Å². The first-order chi connectivity index (χ1) is 19.8. The van der Waals surface area contributed by atoms with Crippen molar-refractivity contribution in [2.45, 2.75) is 51.9 Å². The van der Waals surface area contributed by atoms with Crippen molar-refractivity contribution >= 4 is 43.0 Å². The van der Waals surface area contributed by atoms with Gasteiger partial charge in [-0.05, 0) is 55.5 Å². The number of likely N-dealkylation sites (N-methyl/N-ethyl adjacent to an activating group) is 1. The molecular weight excluding hydrogens is 573 g/mol. The SMILES string of the molecule is CN1CCN(CCC(=O)Nc2cc(Nc3cc(-c4cc(Cl)ccc4F)nnc3CO[Si](C)(C)C(C)(C)C)ccn2)CC1. The minimum Gasteiger partial charge on any atom is -0.411 e. The number of anilines is 3. The van der Waals surface area contributed by atoms with Crippen LogP contribution in [0, 0.1) is 5.82 Å². The molecule has 1 amide bonds. The van der Waals surface area contributed by atoms with E-state index in [1.807, 2.05) is 0 Å². The predicted molar refractivity (Wildman–Crippen MR) is 169 cm³/mol. The van der Waals surface area contributed by atoms with Gasteiger partial charge in [-0.2, -0.15) is 5.10 Å². The van der Waals surface area contributed by atoms with Crippen LogP contribution in [-0.4, -0.2) is 79.0 Å². The van der Waals surface area contributed by atoms with Gasteiger partial charge < -0.3 is 24.9 Å². The topological polar surface area (TPSA) is 95.5 Å². The van der Waals surface area contributed by atoms with E-state index in [4.69, 9.17) is 16.0 Å². The van der Waals surface area contributed by atoms with E-state index < -0.39 is 14.1 Å². The number of carbonyl (C=O) groups is 1. The molecule has 0 unspecified atom stereocenters. The molecule has 0 radical (unpaired) electrons.